The van der Waals surface area contributed by atoms with Crippen LogP contribution in [-0.2, 0) is 9.53 Å². The number of nitrogens with one attached hydrogen (secondary N) is 1. The van der Waals surface area contributed by atoms with Crippen molar-refractivity contribution in [3.05, 3.63) is 0 Å². The molecule has 1 aliphatic carbocycles. The molecule has 5 nitrogen and oxygen atoms in total. The monoisotopic (exact) mass is 229 g/mol. The number of carbonyl (C=O) groups is 1. The Labute approximate surface area is 97.3 Å². The molecule has 0 atom stereocenters. The van der Waals surface area contributed by atoms with Gasteiger partial charge in [0.15, 0.2) is 0 Å². The van der Waals surface area contributed by atoms with Gasteiger partial charge in [0.25, 0.3) is 0 Å². The van der Waals surface area contributed by atoms with Crippen molar-refractivity contribution in [3.8, 4) is 0 Å². The molecule has 5 heteroatoms. The number of likely N-dealkylation sites (N-methyl/N-ethyl adjacent to an activating group) is 1. The van der Waals surface area contributed by atoms with Crippen LogP contribution in [0.15, 0.2) is 0 Å². The summed E-state index contributed by atoms with van der Waals surface area (Å²) in [5.74, 6) is -0.262. The molecule has 3 N–H and O–H groups in total. The average Bonchev–Trinajstić information content (AvgIpc) is 2.12. The minimum absolute atomic E-state index is 0.185. The second kappa shape index (κ2) is 5.61. The quantitative estimate of drug-likeness (QED) is 0.621. The fourth-order valence-corrected chi connectivity index (χ4v) is 2.02. The van der Waals surface area contributed by atoms with E-state index >= 15 is 0 Å². The molecule has 1 rings (SSSR count). The Balaban J connectivity index is 2.36. The third-order valence-electron chi connectivity index (χ3n) is 3.05. The van der Waals surface area contributed by atoms with Gasteiger partial charge in [-0.2, -0.15) is 0 Å². The Bertz CT molecular complexity index is 237. The molecule has 1 amide bonds. The zero-order chi connectivity index (χ0) is 12.2. The predicted molar refractivity (Wildman–Crippen MR) is 63.1 cm³/mol. The molecule has 0 bridgehead atoms. The van der Waals surface area contributed by atoms with Crippen LogP contribution in [0.1, 0.15) is 19.8 Å². The molecule has 0 heterocycles. The van der Waals surface area contributed by atoms with Crippen LogP contribution in [0.3, 0.4) is 0 Å². The first-order valence-corrected chi connectivity index (χ1v) is 5.81. The van der Waals surface area contributed by atoms with Crippen molar-refractivity contribution >= 4 is 5.91 Å². The summed E-state index contributed by atoms with van der Waals surface area (Å²) in [5.41, 5.74) is 4.91. The fraction of sp³-hybridized carbons (Fsp3) is 0.909. The summed E-state index contributed by atoms with van der Waals surface area (Å²) in [6.45, 7) is 4.32. The molecule has 16 heavy (non-hydrogen) atoms. The van der Waals surface area contributed by atoms with Gasteiger partial charge in [-0.1, -0.05) is 0 Å². The van der Waals surface area contributed by atoms with Crippen molar-refractivity contribution < 1.29 is 9.53 Å². The van der Waals surface area contributed by atoms with Gasteiger partial charge in [0, 0.05) is 32.5 Å². The van der Waals surface area contributed by atoms with Crippen LogP contribution >= 0.6 is 0 Å². The first-order chi connectivity index (χ1) is 7.50. The normalized spacial score (nSPS) is 29.1. The molecule has 0 saturated heterocycles. The van der Waals surface area contributed by atoms with E-state index in [1.807, 2.05) is 21.0 Å². The molecule has 1 aliphatic rings. The topological polar surface area (TPSA) is 67.6 Å². The summed E-state index contributed by atoms with van der Waals surface area (Å²) >= 11 is 0. The number of rotatable bonds is 7. The van der Waals surface area contributed by atoms with E-state index in [1.54, 1.807) is 0 Å². The SMILES string of the molecule is CCOC1CC(NCCN(C)C)(C(N)=O)C1. The third-order valence-corrected chi connectivity index (χ3v) is 3.05. The third kappa shape index (κ3) is 3.17. The summed E-state index contributed by atoms with van der Waals surface area (Å²) in [6, 6.07) is 0. The van der Waals surface area contributed by atoms with Crippen molar-refractivity contribution in [3.63, 3.8) is 0 Å². The Morgan fingerprint density at radius 3 is 2.62 bits per heavy atom. The number of hydrogen-bond acceptors (Lipinski definition) is 4. The van der Waals surface area contributed by atoms with E-state index in [-0.39, 0.29) is 12.0 Å². The molecule has 1 saturated carbocycles. The van der Waals surface area contributed by atoms with Crippen molar-refractivity contribution in [2.75, 3.05) is 33.8 Å². The minimum atomic E-state index is -0.532. The van der Waals surface area contributed by atoms with Crippen LogP contribution in [-0.4, -0.2) is 56.2 Å². The van der Waals surface area contributed by atoms with Gasteiger partial charge in [-0.25, -0.2) is 0 Å². The van der Waals surface area contributed by atoms with Gasteiger partial charge >= 0.3 is 0 Å². The number of carbonyl (C=O) groups excluding carboxylic acids is 1. The van der Waals surface area contributed by atoms with Gasteiger partial charge in [-0.05, 0) is 21.0 Å². The zero-order valence-corrected chi connectivity index (χ0v) is 10.5. The zero-order valence-electron chi connectivity index (χ0n) is 10.5. The summed E-state index contributed by atoms with van der Waals surface area (Å²) in [5, 5.41) is 3.26. The molecule has 0 aliphatic heterocycles. The van der Waals surface area contributed by atoms with Crippen LogP contribution in [0.25, 0.3) is 0 Å². The molecule has 0 radical (unpaired) electrons. The van der Waals surface area contributed by atoms with Gasteiger partial charge < -0.3 is 20.7 Å². The van der Waals surface area contributed by atoms with E-state index in [0.717, 1.165) is 13.1 Å². The highest BCUT2D eigenvalue weighted by molar-refractivity contribution is 5.86. The molecule has 0 spiro atoms. The van der Waals surface area contributed by atoms with Crippen LogP contribution < -0.4 is 11.1 Å². The first kappa shape index (κ1) is 13.4. The summed E-state index contributed by atoms with van der Waals surface area (Å²) in [4.78, 5) is 13.5. The second-order valence-electron chi connectivity index (χ2n) is 4.66. The van der Waals surface area contributed by atoms with Crippen molar-refractivity contribution in [1.29, 1.82) is 0 Å². The molecule has 0 aromatic heterocycles. The summed E-state index contributed by atoms with van der Waals surface area (Å²) in [7, 11) is 4.00. The maximum atomic E-state index is 11.4. The highest BCUT2D eigenvalue weighted by Gasteiger charge is 2.49. The molecule has 94 valence electrons. The van der Waals surface area contributed by atoms with E-state index in [1.165, 1.54) is 0 Å². The lowest BCUT2D eigenvalue weighted by molar-refractivity contribution is -0.136. The van der Waals surface area contributed by atoms with Crippen LogP contribution in [0.2, 0.25) is 0 Å². The predicted octanol–water partition coefficient (Wildman–Crippen LogP) is -0.439. The number of nitrogens with two attached hydrogens (primary N) is 1. The maximum Gasteiger partial charge on any atom is 0.237 e. The molecule has 0 aromatic carbocycles. The van der Waals surface area contributed by atoms with E-state index in [9.17, 15) is 4.79 Å². The largest absolute Gasteiger partial charge is 0.378 e. The number of ether oxygens (including phenoxy) is 1. The van der Waals surface area contributed by atoms with Crippen LogP contribution in [0.5, 0.6) is 0 Å². The van der Waals surface area contributed by atoms with E-state index in [0.29, 0.717) is 19.4 Å². The number of primary amides is 1. The highest BCUT2D eigenvalue weighted by atomic mass is 16.5. The fourth-order valence-electron chi connectivity index (χ4n) is 2.02. The maximum absolute atomic E-state index is 11.4. The Hall–Kier alpha value is -0.650. The molecular formula is C11H23N3O2. The molecule has 0 unspecified atom stereocenters. The van der Waals surface area contributed by atoms with Gasteiger partial charge in [-0.3, -0.25) is 4.79 Å². The lowest BCUT2D eigenvalue weighted by Crippen LogP contribution is -2.66. The van der Waals surface area contributed by atoms with E-state index in [2.05, 4.69) is 10.2 Å². The molecular weight excluding hydrogens is 206 g/mol. The first-order valence-electron chi connectivity index (χ1n) is 5.81. The van der Waals surface area contributed by atoms with Crippen molar-refractivity contribution in [2.45, 2.75) is 31.4 Å². The van der Waals surface area contributed by atoms with Gasteiger partial charge in [0.05, 0.1) is 6.10 Å². The highest BCUT2D eigenvalue weighted by Crippen LogP contribution is 2.34. The van der Waals surface area contributed by atoms with Crippen LogP contribution in [0.4, 0.5) is 0 Å². The van der Waals surface area contributed by atoms with E-state index in [4.69, 9.17) is 10.5 Å². The molecule has 1 fully saturated rings. The van der Waals surface area contributed by atoms with Crippen molar-refractivity contribution in [1.82, 2.24) is 10.2 Å². The lowest BCUT2D eigenvalue weighted by atomic mass is 9.73. The standard InChI is InChI=1S/C11H23N3O2/c1-4-16-9-7-11(8-9,10(12)15)13-5-6-14(2)3/h9,13H,4-8H2,1-3H3,(H2,12,15). The lowest BCUT2D eigenvalue weighted by Gasteiger charge is -2.45. The Kier molecular flexibility index (Phi) is 4.70. The second-order valence-corrected chi connectivity index (χ2v) is 4.66. The molecule has 0 aromatic rings. The average molecular weight is 229 g/mol. The minimum Gasteiger partial charge on any atom is -0.378 e. The summed E-state index contributed by atoms with van der Waals surface area (Å²) in [6.07, 6.45) is 1.58. The smallest absolute Gasteiger partial charge is 0.237 e. The van der Waals surface area contributed by atoms with Crippen molar-refractivity contribution in [2.24, 2.45) is 5.73 Å². The number of amides is 1. The number of nitrogens with zero attached hydrogens (tertiary/aromatic N) is 1. The van der Waals surface area contributed by atoms with Gasteiger partial charge in [0.2, 0.25) is 5.91 Å². The van der Waals surface area contributed by atoms with E-state index < -0.39 is 5.54 Å². The van der Waals surface area contributed by atoms with Gasteiger partial charge in [0.1, 0.15) is 5.54 Å². The number of hydrogen-bond donors (Lipinski definition) is 2. The Morgan fingerprint density at radius 1 is 1.56 bits per heavy atom. The van der Waals surface area contributed by atoms with Crippen LogP contribution in [0, 0.1) is 0 Å². The summed E-state index contributed by atoms with van der Waals surface area (Å²) < 4.78 is 5.45. The Morgan fingerprint density at radius 2 is 2.19 bits per heavy atom. The van der Waals surface area contributed by atoms with Gasteiger partial charge in [-0.15, -0.1) is 0 Å².